The van der Waals surface area contributed by atoms with Crippen molar-refractivity contribution in [1.29, 1.82) is 0 Å². The summed E-state index contributed by atoms with van der Waals surface area (Å²) in [6.07, 6.45) is -0.435. The lowest BCUT2D eigenvalue weighted by Gasteiger charge is -2.26. The van der Waals surface area contributed by atoms with Crippen molar-refractivity contribution in [2.75, 3.05) is 34.3 Å². The summed E-state index contributed by atoms with van der Waals surface area (Å²) in [5, 5.41) is 9.87. The van der Waals surface area contributed by atoms with Gasteiger partial charge in [-0.15, -0.1) is 0 Å². The third-order valence-electron chi connectivity index (χ3n) is 2.53. The van der Waals surface area contributed by atoms with Gasteiger partial charge in [0.05, 0.1) is 21.1 Å². The molecule has 0 aliphatic heterocycles. The first-order valence-corrected chi connectivity index (χ1v) is 5.96. The number of ether oxygens (including phenoxy) is 1. The highest BCUT2D eigenvalue weighted by Crippen LogP contribution is 2.19. The molecule has 96 valence electrons. The molecule has 0 saturated heterocycles. The van der Waals surface area contributed by atoms with E-state index in [0.717, 1.165) is 15.8 Å². The number of hydrogen-bond donors (Lipinski definition) is 1. The van der Waals surface area contributed by atoms with Gasteiger partial charge in [0.15, 0.2) is 0 Å². The summed E-state index contributed by atoms with van der Waals surface area (Å²) in [5.74, 6) is 0.866. The summed E-state index contributed by atoms with van der Waals surface area (Å²) in [6, 6.07) is 6.11. The molecule has 0 saturated carbocycles. The minimum atomic E-state index is -0.435. The van der Waals surface area contributed by atoms with Crippen LogP contribution < -0.4 is 4.74 Å². The Balaban J connectivity index is 2.53. The zero-order valence-electron chi connectivity index (χ0n) is 11.5. The second kappa shape index (κ2) is 5.52. The van der Waals surface area contributed by atoms with Crippen molar-refractivity contribution in [2.45, 2.75) is 20.0 Å². The quantitative estimate of drug-likeness (QED) is 0.792. The van der Waals surface area contributed by atoms with Gasteiger partial charge < -0.3 is 14.3 Å². The lowest BCUT2D eigenvalue weighted by molar-refractivity contribution is -0.873. The molecule has 0 aliphatic rings. The fraction of sp³-hybridized carbons (Fsp3) is 0.571. The predicted molar refractivity (Wildman–Crippen MR) is 70.3 cm³/mol. The van der Waals surface area contributed by atoms with Crippen LogP contribution in [-0.4, -0.2) is 50.0 Å². The SMILES string of the molecule is Cc1ccc(C)c(OC[C@H](O)C[N+](C)(C)C)c1. The van der Waals surface area contributed by atoms with Gasteiger partial charge in [0, 0.05) is 0 Å². The molecule has 3 heteroatoms. The molecule has 1 aromatic rings. The van der Waals surface area contributed by atoms with Gasteiger partial charge in [0.25, 0.3) is 0 Å². The van der Waals surface area contributed by atoms with Gasteiger partial charge in [-0.3, -0.25) is 0 Å². The van der Waals surface area contributed by atoms with Crippen molar-refractivity contribution >= 4 is 0 Å². The highest BCUT2D eigenvalue weighted by Gasteiger charge is 2.16. The Labute approximate surface area is 104 Å². The summed E-state index contributed by atoms with van der Waals surface area (Å²) >= 11 is 0. The van der Waals surface area contributed by atoms with Crippen LogP contribution >= 0.6 is 0 Å². The minimum Gasteiger partial charge on any atom is -0.490 e. The fourth-order valence-corrected chi connectivity index (χ4v) is 1.73. The van der Waals surface area contributed by atoms with Crippen LogP contribution in [0.3, 0.4) is 0 Å². The van der Waals surface area contributed by atoms with Gasteiger partial charge in [-0.25, -0.2) is 0 Å². The van der Waals surface area contributed by atoms with Crippen LogP contribution in [0.15, 0.2) is 18.2 Å². The minimum absolute atomic E-state index is 0.347. The second-order valence-electron chi connectivity index (χ2n) is 5.71. The first kappa shape index (κ1) is 14.0. The van der Waals surface area contributed by atoms with Crippen LogP contribution in [0.2, 0.25) is 0 Å². The largest absolute Gasteiger partial charge is 0.490 e. The summed E-state index contributed by atoms with van der Waals surface area (Å²) in [4.78, 5) is 0. The zero-order valence-corrected chi connectivity index (χ0v) is 11.5. The molecule has 1 aromatic carbocycles. The van der Waals surface area contributed by atoms with Crippen LogP contribution in [0.25, 0.3) is 0 Å². The van der Waals surface area contributed by atoms with Crippen molar-refractivity contribution in [3.63, 3.8) is 0 Å². The summed E-state index contributed by atoms with van der Waals surface area (Å²) in [6.45, 7) is 5.08. The summed E-state index contributed by atoms with van der Waals surface area (Å²) in [5.41, 5.74) is 2.28. The van der Waals surface area contributed by atoms with E-state index in [-0.39, 0.29) is 0 Å². The van der Waals surface area contributed by atoms with Crippen LogP contribution in [0.1, 0.15) is 11.1 Å². The molecule has 0 fully saturated rings. The van der Waals surface area contributed by atoms with Crippen LogP contribution in [0, 0.1) is 13.8 Å². The molecule has 0 heterocycles. The van der Waals surface area contributed by atoms with E-state index >= 15 is 0 Å². The van der Waals surface area contributed by atoms with Crippen LogP contribution in [-0.2, 0) is 0 Å². The molecule has 0 spiro atoms. The van der Waals surface area contributed by atoms with Crippen LogP contribution in [0.4, 0.5) is 0 Å². The molecular weight excluding hydrogens is 214 g/mol. The number of benzene rings is 1. The molecular formula is C14H24NO2+. The van der Waals surface area contributed by atoms with Gasteiger partial charge in [-0.1, -0.05) is 12.1 Å². The van der Waals surface area contributed by atoms with Gasteiger partial charge in [0.2, 0.25) is 0 Å². The topological polar surface area (TPSA) is 29.5 Å². The lowest BCUT2D eigenvalue weighted by atomic mass is 10.1. The second-order valence-corrected chi connectivity index (χ2v) is 5.71. The number of aliphatic hydroxyl groups is 1. The number of rotatable bonds is 5. The van der Waals surface area contributed by atoms with E-state index in [2.05, 4.69) is 27.2 Å². The first-order chi connectivity index (χ1) is 7.78. The van der Waals surface area contributed by atoms with E-state index in [4.69, 9.17) is 4.74 Å². The van der Waals surface area contributed by atoms with E-state index in [1.54, 1.807) is 0 Å². The highest BCUT2D eigenvalue weighted by molar-refractivity contribution is 5.35. The van der Waals surface area contributed by atoms with E-state index < -0.39 is 6.10 Å². The molecule has 0 radical (unpaired) electrons. The average Bonchev–Trinajstić information content (AvgIpc) is 2.17. The maximum absolute atomic E-state index is 9.87. The standard InChI is InChI=1S/C14H24NO2/c1-11-6-7-12(2)14(8-11)17-10-13(16)9-15(3,4)5/h6-8,13,16H,9-10H2,1-5H3/q+1/t13-/m1/s1. The van der Waals surface area contributed by atoms with Crippen LogP contribution in [0.5, 0.6) is 5.75 Å². The summed E-state index contributed by atoms with van der Waals surface area (Å²) in [7, 11) is 6.17. The molecule has 0 amide bonds. The fourth-order valence-electron chi connectivity index (χ4n) is 1.73. The van der Waals surface area contributed by atoms with Crippen molar-refractivity contribution < 1.29 is 14.3 Å². The number of hydrogen-bond acceptors (Lipinski definition) is 2. The lowest BCUT2D eigenvalue weighted by Crippen LogP contribution is -2.43. The molecule has 17 heavy (non-hydrogen) atoms. The predicted octanol–water partition coefficient (Wildman–Crippen LogP) is 1.75. The average molecular weight is 238 g/mol. The summed E-state index contributed by atoms with van der Waals surface area (Å²) < 4.78 is 6.40. The number of quaternary nitrogens is 1. The van der Waals surface area contributed by atoms with Crippen molar-refractivity contribution in [1.82, 2.24) is 0 Å². The molecule has 3 nitrogen and oxygen atoms in total. The number of aryl methyl sites for hydroxylation is 2. The van der Waals surface area contributed by atoms with Gasteiger partial charge in [-0.05, 0) is 31.0 Å². The Morgan fingerprint density at radius 3 is 2.47 bits per heavy atom. The Morgan fingerprint density at radius 1 is 1.24 bits per heavy atom. The van der Waals surface area contributed by atoms with E-state index in [0.29, 0.717) is 13.2 Å². The Bertz CT molecular complexity index is 369. The zero-order chi connectivity index (χ0) is 13.1. The Hall–Kier alpha value is -1.06. The maximum Gasteiger partial charge on any atom is 0.137 e. The van der Waals surface area contributed by atoms with Crippen molar-refractivity contribution in [2.24, 2.45) is 0 Å². The highest BCUT2D eigenvalue weighted by atomic mass is 16.5. The van der Waals surface area contributed by atoms with Gasteiger partial charge in [-0.2, -0.15) is 0 Å². The monoisotopic (exact) mass is 238 g/mol. The molecule has 1 N–H and O–H groups in total. The van der Waals surface area contributed by atoms with Gasteiger partial charge in [0.1, 0.15) is 25.0 Å². The number of likely N-dealkylation sites (N-methyl/N-ethyl adjacent to an activating group) is 1. The third-order valence-corrected chi connectivity index (χ3v) is 2.53. The Kier molecular flexibility index (Phi) is 4.54. The molecule has 1 atom stereocenters. The van der Waals surface area contributed by atoms with E-state index in [1.165, 1.54) is 5.56 Å². The van der Waals surface area contributed by atoms with Gasteiger partial charge >= 0.3 is 0 Å². The number of nitrogens with zero attached hydrogens (tertiary/aromatic N) is 1. The molecule has 0 bridgehead atoms. The smallest absolute Gasteiger partial charge is 0.137 e. The van der Waals surface area contributed by atoms with E-state index in [1.807, 2.05) is 26.0 Å². The molecule has 0 aromatic heterocycles. The normalized spacial score (nSPS) is 13.5. The molecule has 0 aliphatic carbocycles. The third kappa shape index (κ3) is 5.20. The Morgan fingerprint density at radius 2 is 1.88 bits per heavy atom. The van der Waals surface area contributed by atoms with Crippen molar-refractivity contribution in [3.05, 3.63) is 29.3 Å². The van der Waals surface area contributed by atoms with E-state index in [9.17, 15) is 5.11 Å². The molecule has 0 unspecified atom stereocenters. The van der Waals surface area contributed by atoms with Crippen molar-refractivity contribution in [3.8, 4) is 5.75 Å². The number of aliphatic hydroxyl groups excluding tert-OH is 1. The maximum atomic E-state index is 9.87. The first-order valence-electron chi connectivity index (χ1n) is 5.96. The molecule has 1 rings (SSSR count).